The van der Waals surface area contributed by atoms with Gasteiger partial charge < -0.3 is 10.2 Å². The van der Waals surface area contributed by atoms with Crippen molar-refractivity contribution in [3.05, 3.63) is 0 Å². The summed E-state index contributed by atoms with van der Waals surface area (Å²) in [7, 11) is 0. The average Bonchev–Trinajstić information content (AvgIpc) is 2.71. The lowest BCUT2D eigenvalue weighted by atomic mass is 9.90. The van der Waals surface area contributed by atoms with E-state index in [1.54, 1.807) is 0 Å². The third-order valence-corrected chi connectivity index (χ3v) is 4.54. The van der Waals surface area contributed by atoms with E-state index >= 15 is 0 Å². The summed E-state index contributed by atoms with van der Waals surface area (Å²) in [5, 5.41) is 3.81. The van der Waals surface area contributed by atoms with Crippen molar-refractivity contribution in [2.45, 2.75) is 70.3 Å². The maximum atomic E-state index is 3.81. The minimum absolute atomic E-state index is 0.466. The van der Waals surface area contributed by atoms with Crippen molar-refractivity contribution < 1.29 is 0 Å². The molecule has 2 nitrogen and oxygen atoms in total. The Labute approximate surface area is 107 Å². The van der Waals surface area contributed by atoms with Gasteiger partial charge in [-0.3, -0.25) is 0 Å². The first kappa shape index (κ1) is 13.4. The lowest BCUT2D eigenvalue weighted by Gasteiger charge is -2.36. The molecule has 0 aromatic carbocycles. The maximum absolute atomic E-state index is 3.81. The molecule has 0 radical (unpaired) electrons. The van der Waals surface area contributed by atoms with Gasteiger partial charge >= 0.3 is 0 Å². The second kappa shape index (κ2) is 6.75. The van der Waals surface area contributed by atoms with E-state index in [9.17, 15) is 0 Å². The average molecular weight is 238 g/mol. The molecule has 1 unspecified atom stereocenters. The SMILES string of the molecule is CCCC1(CN2CCCCCCC2)CCCN1. The Hall–Kier alpha value is -0.0800. The highest BCUT2D eigenvalue weighted by Gasteiger charge is 2.33. The molecule has 0 aliphatic carbocycles. The predicted octanol–water partition coefficient (Wildman–Crippen LogP) is 3.17. The minimum atomic E-state index is 0.466. The summed E-state index contributed by atoms with van der Waals surface area (Å²) in [6.45, 7) is 7.56. The zero-order chi connectivity index (χ0) is 12.0. The van der Waals surface area contributed by atoms with E-state index in [4.69, 9.17) is 0 Å². The predicted molar refractivity (Wildman–Crippen MR) is 74.4 cm³/mol. The molecule has 0 aromatic heterocycles. The number of hydrogen-bond donors (Lipinski definition) is 1. The van der Waals surface area contributed by atoms with Crippen LogP contribution in [0.5, 0.6) is 0 Å². The van der Waals surface area contributed by atoms with Crippen molar-refractivity contribution in [1.29, 1.82) is 0 Å². The highest BCUT2D eigenvalue weighted by Crippen LogP contribution is 2.26. The minimum Gasteiger partial charge on any atom is -0.310 e. The zero-order valence-electron chi connectivity index (χ0n) is 11.6. The molecule has 2 fully saturated rings. The summed E-state index contributed by atoms with van der Waals surface area (Å²) < 4.78 is 0. The van der Waals surface area contributed by atoms with Crippen LogP contribution in [0.3, 0.4) is 0 Å². The first-order chi connectivity index (χ1) is 8.35. The van der Waals surface area contributed by atoms with Crippen molar-refractivity contribution in [3.8, 4) is 0 Å². The van der Waals surface area contributed by atoms with Crippen LogP contribution in [0.1, 0.15) is 64.7 Å². The molecule has 2 aliphatic heterocycles. The van der Waals surface area contributed by atoms with Crippen LogP contribution in [0.15, 0.2) is 0 Å². The van der Waals surface area contributed by atoms with Gasteiger partial charge in [0.1, 0.15) is 0 Å². The second-order valence-electron chi connectivity index (χ2n) is 6.10. The molecule has 1 atom stereocenters. The van der Waals surface area contributed by atoms with Crippen LogP contribution in [0.4, 0.5) is 0 Å². The zero-order valence-corrected chi connectivity index (χ0v) is 11.6. The lowest BCUT2D eigenvalue weighted by Crippen LogP contribution is -2.50. The maximum Gasteiger partial charge on any atom is 0.0309 e. The number of likely N-dealkylation sites (tertiary alicyclic amines) is 1. The summed E-state index contributed by atoms with van der Waals surface area (Å²) in [6, 6.07) is 0. The molecule has 0 amide bonds. The van der Waals surface area contributed by atoms with E-state index < -0.39 is 0 Å². The van der Waals surface area contributed by atoms with Gasteiger partial charge in [-0.25, -0.2) is 0 Å². The van der Waals surface area contributed by atoms with Gasteiger partial charge in [0.2, 0.25) is 0 Å². The standard InChI is InChI=1S/C15H30N2/c1-2-9-15(10-8-11-16-15)14-17-12-6-4-3-5-7-13-17/h16H,2-14H2,1H3. The highest BCUT2D eigenvalue weighted by molar-refractivity contribution is 4.95. The van der Waals surface area contributed by atoms with E-state index in [-0.39, 0.29) is 0 Å². The van der Waals surface area contributed by atoms with Gasteiger partial charge in [0, 0.05) is 12.1 Å². The van der Waals surface area contributed by atoms with Gasteiger partial charge in [0.15, 0.2) is 0 Å². The third-order valence-electron chi connectivity index (χ3n) is 4.54. The van der Waals surface area contributed by atoms with Crippen molar-refractivity contribution in [3.63, 3.8) is 0 Å². The largest absolute Gasteiger partial charge is 0.310 e. The van der Waals surface area contributed by atoms with Crippen LogP contribution < -0.4 is 5.32 Å². The summed E-state index contributed by atoms with van der Waals surface area (Å²) >= 11 is 0. The molecule has 0 saturated carbocycles. The van der Waals surface area contributed by atoms with Crippen LogP contribution >= 0.6 is 0 Å². The van der Waals surface area contributed by atoms with E-state index in [0.717, 1.165) is 0 Å². The molecular weight excluding hydrogens is 208 g/mol. The number of nitrogens with one attached hydrogen (secondary N) is 1. The summed E-state index contributed by atoms with van der Waals surface area (Å²) in [6.07, 6.45) is 12.7. The summed E-state index contributed by atoms with van der Waals surface area (Å²) in [5.74, 6) is 0. The number of rotatable bonds is 4. The second-order valence-corrected chi connectivity index (χ2v) is 6.10. The Morgan fingerprint density at radius 1 is 1.00 bits per heavy atom. The molecule has 2 saturated heterocycles. The summed E-state index contributed by atoms with van der Waals surface area (Å²) in [4.78, 5) is 2.74. The first-order valence-electron chi connectivity index (χ1n) is 7.82. The Balaban J connectivity index is 1.86. The fourth-order valence-corrected chi connectivity index (χ4v) is 3.67. The number of hydrogen-bond acceptors (Lipinski definition) is 2. The van der Waals surface area contributed by atoms with Crippen LogP contribution in [-0.2, 0) is 0 Å². The Morgan fingerprint density at radius 2 is 1.71 bits per heavy atom. The first-order valence-corrected chi connectivity index (χ1v) is 7.82. The molecule has 1 N–H and O–H groups in total. The quantitative estimate of drug-likeness (QED) is 0.809. The Kier molecular flexibility index (Phi) is 5.30. The van der Waals surface area contributed by atoms with Gasteiger partial charge in [-0.2, -0.15) is 0 Å². The fourth-order valence-electron chi connectivity index (χ4n) is 3.67. The van der Waals surface area contributed by atoms with Crippen LogP contribution in [0.25, 0.3) is 0 Å². The van der Waals surface area contributed by atoms with Crippen LogP contribution in [0.2, 0.25) is 0 Å². The van der Waals surface area contributed by atoms with Crippen molar-refractivity contribution in [2.75, 3.05) is 26.2 Å². The molecule has 2 rings (SSSR count). The van der Waals surface area contributed by atoms with E-state index in [1.807, 2.05) is 0 Å². The molecule has 0 aromatic rings. The molecular formula is C15H30N2. The van der Waals surface area contributed by atoms with Gasteiger partial charge in [0.05, 0.1) is 0 Å². The molecule has 17 heavy (non-hydrogen) atoms. The Bertz CT molecular complexity index is 201. The summed E-state index contributed by atoms with van der Waals surface area (Å²) in [5.41, 5.74) is 0.466. The van der Waals surface area contributed by atoms with Gasteiger partial charge in [0.25, 0.3) is 0 Å². The fraction of sp³-hybridized carbons (Fsp3) is 1.00. The van der Waals surface area contributed by atoms with E-state index in [2.05, 4.69) is 17.1 Å². The molecule has 100 valence electrons. The third kappa shape index (κ3) is 3.96. The van der Waals surface area contributed by atoms with Gasteiger partial charge in [-0.15, -0.1) is 0 Å². The topological polar surface area (TPSA) is 15.3 Å². The number of nitrogens with zero attached hydrogens (tertiary/aromatic N) is 1. The molecule has 0 bridgehead atoms. The molecule has 2 heteroatoms. The van der Waals surface area contributed by atoms with Crippen LogP contribution in [0, 0.1) is 0 Å². The van der Waals surface area contributed by atoms with Gasteiger partial charge in [-0.05, 0) is 51.7 Å². The van der Waals surface area contributed by atoms with E-state index in [1.165, 1.54) is 84.0 Å². The normalized spacial score (nSPS) is 32.3. The van der Waals surface area contributed by atoms with Crippen molar-refractivity contribution in [2.24, 2.45) is 0 Å². The van der Waals surface area contributed by atoms with Crippen molar-refractivity contribution in [1.82, 2.24) is 10.2 Å². The smallest absolute Gasteiger partial charge is 0.0309 e. The lowest BCUT2D eigenvalue weighted by molar-refractivity contribution is 0.171. The van der Waals surface area contributed by atoms with E-state index in [0.29, 0.717) is 5.54 Å². The molecule has 0 spiro atoms. The molecule has 2 aliphatic rings. The Morgan fingerprint density at radius 3 is 2.29 bits per heavy atom. The highest BCUT2D eigenvalue weighted by atomic mass is 15.2. The van der Waals surface area contributed by atoms with Crippen molar-refractivity contribution >= 4 is 0 Å². The monoisotopic (exact) mass is 238 g/mol. The molecule has 2 heterocycles. The van der Waals surface area contributed by atoms with Gasteiger partial charge in [-0.1, -0.05) is 32.6 Å². The van der Waals surface area contributed by atoms with Crippen LogP contribution in [-0.4, -0.2) is 36.6 Å².